The van der Waals surface area contributed by atoms with Crippen LogP contribution in [0.5, 0.6) is 0 Å². The Balaban J connectivity index is 1.49. The van der Waals surface area contributed by atoms with Crippen LogP contribution in [0, 0.1) is 11.3 Å². The van der Waals surface area contributed by atoms with Crippen molar-refractivity contribution in [2.24, 2.45) is 0 Å². The maximum atomic E-state index is 13.4. The minimum atomic E-state index is -4.81. The van der Waals surface area contributed by atoms with E-state index in [4.69, 9.17) is 5.26 Å². The van der Waals surface area contributed by atoms with Gasteiger partial charge in [0.2, 0.25) is 0 Å². The molecule has 0 saturated carbocycles. The molecule has 2 aromatic carbocycles. The highest BCUT2D eigenvalue weighted by atomic mass is 19.4. The maximum Gasteiger partial charge on any atom is 0.417 e. The second kappa shape index (κ2) is 9.30. The number of halogens is 3. The Labute approximate surface area is 204 Å². The molecule has 0 spiro atoms. The predicted molar refractivity (Wildman–Crippen MR) is 124 cm³/mol. The number of amides is 3. The summed E-state index contributed by atoms with van der Waals surface area (Å²) in [5, 5.41) is 17.2. The molecule has 3 amide bonds. The Hall–Kier alpha value is -4.46. The molecule has 1 aliphatic rings. The van der Waals surface area contributed by atoms with Crippen molar-refractivity contribution >= 4 is 17.6 Å². The predicted octanol–water partition coefficient (Wildman–Crippen LogP) is 4.64. The molecule has 4 rings (SSSR count). The molecule has 0 unspecified atom stereocenters. The first kappa shape index (κ1) is 24.7. The van der Waals surface area contributed by atoms with Gasteiger partial charge in [-0.05, 0) is 32.0 Å². The van der Waals surface area contributed by atoms with Crippen LogP contribution in [0.1, 0.15) is 25.0 Å². The van der Waals surface area contributed by atoms with Gasteiger partial charge in [-0.1, -0.05) is 47.7 Å². The topological polar surface area (TPSA) is 95.1 Å². The second-order valence-electron chi connectivity index (χ2n) is 8.60. The molecule has 11 heteroatoms. The van der Waals surface area contributed by atoms with E-state index in [1.807, 2.05) is 30.3 Å². The Morgan fingerprint density at radius 2 is 1.75 bits per heavy atom. The lowest BCUT2D eigenvalue weighted by Gasteiger charge is -2.26. The number of allylic oxidation sites excluding steroid dienone is 1. The third kappa shape index (κ3) is 4.57. The van der Waals surface area contributed by atoms with Crippen LogP contribution in [0.25, 0.3) is 11.3 Å². The molecule has 0 radical (unpaired) electrons. The second-order valence-corrected chi connectivity index (χ2v) is 8.60. The van der Waals surface area contributed by atoms with Crippen LogP contribution >= 0.6 is 0 Å². The molecule has 36 heavy (non-hydrogen) atoms. The van der Waals surface area contributed by atoms with E-state index in [-0.39, 0.29) is 12.2 Å². The normalized spacial score (nSPS) is 15.7. The first-order chi connectivity index (χ1) is 17.0. The molecule has 0 bridgehead atoms. The first-order valence-electron chi connectivity index (χ1n) is 10.9. The number of aromatic nitrogens is 3. The van der Waals surface area contributed by atoms with E-state index in [1.165, 1.54) is 24.8 Å². The van der Waals surface area contributed by atoms with Gasteiger partial charge in [-0.25, -0.2) is 14.4 Å². The van der Waals surface area contributed by atoms with Crippen molar-refractivity contribution in [2.75, 3.05) is 11.4 Å². The van der Waals surface area contributed by atoms with E-state index in [0.717, 1.165) is 17.7 Å². The van der Waals surface area contributed by atoms with Crippen molar-refractivity contribution in [3.63, 3.8) is 0 Å². The molecule has 2 heterocycles. The third-order valence-corrected chi connectivity index (χ3v) is 5.87. The van der Waals surface area contributed by atoms with Crippen LogP contribution in [0.3, 0.4) is 0 Å². The minimum absolute atomic E-state index is 0.0523. The van der Waals surface area contributed by atoms with Gasteiger partial charge in [-0.2, -0.15) is 18.4 Å². The Kier molecular flexibility index (Phi) is 6.37. The van der Waals surface area contributed by atoms with Crippen molar-refractivity contribution in [1.29, 1.82) is 5.26 Å². The molecule has 0 N–H and O–H groups in total. The number of carbonyl (C=O) groups is 2. The van der Waals surface area contributed by atoms with Crippen molar-refractivity contribution in [3.05, 3.63) is 78.0 Å². The maximum absolute atomic E-state index is 13.4. The molecule has 1 saturated heterocycles. The quantitative estimate of drug-likeness (QED) is 0.368. The average molecular weight is 494 g/mol. The molecular formula is C25H21F3N6O2. The molecule has 1 aliphatic heterocycles. The van der Waals surface area contributed by atoms with Crippen molar-refractivity contribution in [1.82, 2.24) is 19.9 Å². The fourth-order valence-corrected chi connectivity index (χ4v) is 3.86. The summed E-state index contributed by atoms with van der Waals surface area (Å²) in [7, 11) is 0. The fraction of sp³-hybridized carbons (Fsp3) is 0.240. The number of nitriles is 1. The summed E-state index contributed by atoms with van der Waals surface area (Å²) in [6.45, 7) is 3.47. The number of carbonyl (C=O) groups excluding carboxylic acids is 2. The summed E-state index contributed by atoms with van der Waals surface area (Å²) < 4.78 is 41.8. The summed E-state index contributed by atoms with van der Waals surface area (Å²) >= 11 is 0. The number of imide groups is 1. The van der Waals surface area contributed by atoms with Crippen molar-refractivity contribution < 1.29 is 22.8 Å². The molecule has 3 aromatic rings. The van der Waals surface area contributed by atoms with Gasteiger partial charge in [0, 0.05) is 12.1 Å². The smallest absolute Gasteiger partial charge is 0.306 e. The zero-order valence-corrected chi connectivity index (χ0v) is 19.4. The SMILES string of the molecule is CC1(C)C(=O)N(c2ccc(C#N)c(C(F)(F)F)c2)C(=O)N1CC=CCn1cc(-c2ccccc2)nn1. The molecule has 8 nitrogen and oxygen atoms in total. The molecule has 0 atom stereocenters. The minimum Gasteiger partial charge on any atom is -0.306 e. The Morgan fingerprint density at radius 1 is 1.06 bits per heavy atom. The van der Waals surface area contributed by atoms with Gasteiger partial charge in [0.25, 0.3) is 5.91 Å². The van der Waals surface area contributed by atoms with Crippen LogP contribution < -0.4 is 4.90 Å². The van der Waals surface area contributed by atoms with Crippen LogP contribution in [-0.2, 0) is 17.5 Å². The molecule has 184 valence electrons. The summed E-state index contributed by atoms with van der Waals surface area (Å²) in [4.78, 5) is 28.1. The summed E-state index contributed by atoms with van der Waals surface area (Å²) in [5.74, 6) is -0.664. The summed E-state index contributed by atoms with van der Waals surface area (Å²) in [5.41, 5.74) is -1.70. The average Bonchev–Trinajstić information content (AvgIpc) is 3.38. The largest absolute Gasteiger partial charge is 0.417 e. The van der Waals surface area contributed by atoms with Gasteiger partial charge in [-0.3, -0.25) is 4.79 Å². The number of urea groups is 1. The van der Waals surface area contributed by atoms with E-state index >= 15 is 0 Å². The number of anilines is 1. The van der Waals surface area contributed by atoms with Crippen LogP contribution in [0.4, 0.5) is 23.7 Å². The zero-order chi connectivity index (χ0) is 26.1. The molecule has 1 aromatic heterocycles. The number of hydrogen-bond acceptors (Lipinski definition) is 5. The van der Waals surface area contributed by atoms with Crippen LogP contribution in [0.2, 0.25) is 0 Å². The third-order valence-electron chi connectivity index (χ3n) is 5.87. The highest BCUT2D eigenvalue weighted by Crippen LogP contribution is 2.37. The molecule has 0 aliphatic carbocycles. The molecular weight excluding hydrogens is 473 g/mol. The number of benzene rings is 2. The van der Waals surface area contributed by atoms with Gasteiger partial charge >= 0.3 is 12.2 Å². The highest BCUT2D eigenvalue weighted by Gasteiger charge is 2.51. The fourth-order valence-electron chi connectivity index (χ4n) is 3.86. The standard InChI is InChI=1S/C25H21F3N6O2/c1-24(2)22(35)34(19-11-10-18(15-29)20(14-19)25(26,27)28)23(36)33(24)13-7-6-12-32-16-21(30-31-32)17-8-4-3-5-9-17/h3-11,14,16H,12-13H2,1-2H3. The van der Waals surface area contributed by atoms with Crippen LogP contribution in [0.15, 0.2) is 66.9 Å². The monoisotopic (exact) mass is 494 g/mol. The van der Waals surface area contributed by atoms with Gasteiger partial charge in [0.15, 0.2) is 0 Å². The number of rotatable bonds is 6. The zero-order valence-electron chi connectivity index (χ0n) is 19.4. The van der Waals surface area contributed by atoms with Crippen molar-refractivity contribution in [3.8, 4) is 17.3 Å². The number of nitrogens with zero attached hydrogens (tertiary/aromatic N) is 6. The van der Waals surface area contributed by atoms with E-state index in [9.17, 15) is 22.8 Å². The first-order valence-corrected chi connectivity index (χ1v) is 10.9. The number of alkyl halides is 3. The summed E-state index contributed by atoms with van der Waals surface area (Å²) in [6.07, 6.45) is 0.398. The lowest BCUT2D eigenvalue weighted by molar-refractivity contribution is -0.137. The Morgan fingerprint density at radius 3 is 2.42 bits per heavy atom. The van der Waals surface area contributed by atoms with Crippen LogP contribution in [-0.4, -0.2) is 43.9 Å². The Bertz CT molecular complexity index is 1370. The highest BCUT2D eigenvalue weighted by molar-refractivity contribution is 6.23. The number of hydrogen-bond donors (Lipinski definition) is 0. The molecule has 1 fully saturated rings. The van der Waals surface area contributed by atoms with E-state index in [0.29, 0.717) is 23.2 Å². The van der Waals surface area contributed by atoms with Gasteiger partial charge < -0.3 is 4.90 Å². The van der Waals surface area contributed by atoms with E-state index in [2.05, 4.69) is 10.3 Å². The van der Waals surface area contributed by atoms with Gasteiger partial charge in [0.1, 0.15) is 11.2 Å². The van der Waals surface area contributed by atoms with Gasteiger partial charge in [-0.15, -0.1) is 5.10 Å². The lowest BCUT2D eigenvalue weighted by Crippen LogP contribution is -2.44. The van der Waals surface area contributed by atoms with Crippen molar-refractivity contribution in [2.45, 2.75) is 32.1 Å². The van der Waals surface area contributed by atoms with E-state index in [1.54, 1.807) is 23.0 Å². The van der Waals surface area contributed by atoms with E-state index < -0.39 is 34.8 Å². The summed E-state index contributed by atoms with van der Waals surface area (Å²) in [6, 6.07) is 13.0. The lowest BCUT2D eigenvalue weighted by atomic mass is 10.0. The van der Waals surface area contributed by atoms with Gasteiger partial charge in [0.05, 0.1) is 35.6 Å².